The highest BCUT2D eigenvalue weighted by Crippen LogP contribution is 2.25. The molecule has 1 aliphatic heterocycles. The number of likely N-dealkylation sites (tertiary alicyclic amines) is 1. The number of aliphatic hydroxyl groups excluding tert-OH is 1. The van der Waals surface area contributed by atoms with Crippen LogP contribution < -0.4 is 10.6 Å². The Kier molecular flexibility index (Phi) is 8.75. The van der Waals surface area contributed by atoms with E-state index in [4.69, 9.17) is 0 Å². The SMILES string of the molecule is CCC(=O)NC1CCN(C(=O)Cc2cccc(CC(C)(C)NCC(O)c3cc(O)cc(O)c3)c2)C1. The lowest BCUT2D eigenvalue weighted by Gasteiger charge is -2.28. The first-order chi connectivity index (χ1) is 16.5. The Morgan fingerprint density at radius 2 is 1.80 bits per heavy atom. The van der Waals surface area contributed by atoms with Gasteiger partial charge in [-0.25, -0.2) is 0 Å². The van der Waals surface area contributed by atoms with E-state index in [2.05, 4.69) is 10.6 Å². The molecule has 190 valence electrons. The molecule has 2 atom stereocenters. The van der Waals surface area contributed by atoms with Gasteiger partial charge < -0.3 is 30.9 Å². The minimum Gasteiger partial charge on any atom is -0.508 e. The molecule has 1 aliphatic rings. The van der Waals surface area contributed by atoms with Crippen LogP contribution in [0.4, 0.5) is 0 Å². The van der Waals surface area contributed by atoms with Crippen LogP contribution in [-0.4, -0.2) is 63.2 Å². The average molecular weight is 484 g/mol. The minimum absolute atomic E-state index is 0.0146. The molecule has 35 heavy (non-hydrogen) atoms. The quantitative estimate of drug-likeness (QED) is 0.354. The van der Waals surface area contributed by atoms with Gasteiger partial charge in [0.15, 0.2) is 0 Å². The Hall–Kier alpha value is -3.10. The Morgan fingerprint density at radius 1 is 1.11 bits per heavy atom. The predicted molar refractivity (Wildman–Crippen MR) is 134 cm³/mol. The number of carbonyl (C=O) groups excluding carboxylic acids is 2. The summed E-state index contributed by atoms with van der Waals surface area (Å²) >= 11 is 0. The summed E-state index contributed by atoms with van der Waals surface area (Å²) in [5.41, 5.74) is 2.11. The molecule has 3 rings (SSSR count). The summed E-state index contributed by atoms with van der Waals surface area (Å²) in [5.74, 6) is -0.120. The zero-order valence-electron chi connectivity index (χ0n) is 20.8. The molecule has 1 fully saturated rings. The topological polar surface area (TPSA) is 122 Å². The van der Waals surface area contributed by atoms with Crippen LogP contribution in [0.3, 0.4) is 0 Å². The van der Waals surface area contributed by atoms with Gasteiger partial charge in [0.1, 0.15) is 11.5 Å². The number of hydrogen-bond acceptors (Lipinski definition) is 6. The molecule has 1 saturated heterocycles. The third kappa shape index (κ3) is 7.97. The van der Waals surface area contributed by atoms with Crippen molar-refractivity contribution in [2.75, 3.05) is 19.6 Å². The van der Waals surface area contributed by atoms with Crippen LogP contribution in [0.1, 0.15) is 56.4 Å². The Morgan fingerprint density at radius 3 is 2.49 bits per heavy atom. The van der Waals surface area contributed by atoms with Crippen molar-refractivity contribution in [2.45, 2.75) is 64.1 Å². The van der Waals surface area contributed by atoms with Gasteiger partial charge in [-0.1, -0.05) is 31.2 Å². The van der Waals surface area contributed by atoms with Gasteiger partial charge in [0, 0.05) is 43.7 Å². The number of nitrogens with zero attached hydrogens (tertiary/aromatic N) is 1. The third-order valence-electron chi connectivity index (χ3n) is 6.30. The molecule has 2 aromatic rings. The van der Waals surface area contributed by atoms with Crippen LogP contribution in [0, 0.1) is 0 Å². The number of aromatic hydroxyl groups is 2. The number of phenols is 2. The molecule has 0 saturated carbocycles. The van der Waals surface area contributed by atoms with Crippen molar-refractivity contribution in [3.8, 4) is 11.5 Å². The van der Waals surface area contributed by atoms with Crippen molar-refractivity contribution >= 4 is 11.8 Å². The summed E-state index contributed by atoms with van der Waals surface area (Å²) in [7, 11) is 0. The summed E-state index contributed by atoms with van der Waals surface area (Å²) in [6.45, 7) is 7.35. The number of aliphatic hydroxyl groups is 1. The monoisotopic (exact) mass is 483 g/mol. The second-order valence-electron chi connectivity index (χ2n) is 9.98. The summed E-state index contributed by atoms with van der Waals surface area (Å²) < 4.78 is 0. The molecule has 2 aromatic carbocycles. The van der Waals surface area contributed by atoms with E-state index in [0.717, 1.165) is 17.5 Å². The first-order valence-corrected chi connectivity index (χ1v) is 12.2. The van der Waals surface area contributed by atoms with Crippen molar-refractivity contribution in [1.82, 2.24) is 15.5 Å². The zero-order valence-corrected chi connectivity index (χ0v) is 20.8. The molecule has 2 unspecified atom stereocenters. The average Bonchev–Trinajstić information content (AvgIpc) is 3.25. The lowest BCUT2D eigenvalue weighted by Crippen LogP contribution is -2.43. The van der Waals surface area contributed by atoms with Crippen molar-refractivity contribution < 1.29 is 24.9 Å². The van der Waals surface area contributed by atoms with Gasteiger partial charge in [0.05, 0.1) is 12.5 Å². The fourth-order valence-corrected chi connectivity index (χ4v) is 4.44. The van der Waals surface area contributed by atoms with Crippen LogP contribution in [0.25, 0.3) is 0 Å². The van der Waals surface area contributed by atoms with E-state index in [1.165, 1.54) is 18.2 Å². The maximum atomic E-state index is 12.8. The van der Waals surface area contributed by atoms with Crippen molar-refractivity contribution in [3.63, 3.8) is 0 Å². The molecule has 0 spiro atoms. The van der Waals surface area contributed by atoms with Crippen molar-refractivity contribution in [2.24, 2.45) is 0 Å². The van der Waals surface area contributed by atoms with Gasteiger partial charge in [-0.3, -0.25) is 9.59 Å². The van der Waals surface area contributed by atoms with Gasteiger partial charge in [0.2, 0.25) is 11.8 Å². The summed E-state index contributed by atoms with van der Waals surface area (Å²) in [6, 6.07) is 12.1. The molecule has 0 aromatic heterocycles. The first-order valence-electron chi connectivity index (χ1n) is 12.2. The van der Waals surface area contributed by atoms with E-state index < -0.39 is 6.10 Å². The number of rotatable bonds is 10. The number of benzene rings is 2. The predicted octanol–water partition coefficient (Wildman–Crippen LogP) is 2.41. The van der Waals surface area contributed by atoms with Gasteiger partial charge in [-0.2, -0.15) is 0 Å². The number of phenolic OH excluding ortho intramolecular Hbond substituents is 2. The number of carbonyl (C=O) groups is 2. The van der Waals surface area contributed by atoms with E-state index >= 15 is 0 Å². The largest absolute Gasteiger partial charge is 0.508 e. The molecule has 8 nitrogen and oxygen atoms in total. The fraction of sp³-hybridized carbons (Fsp3) is 0.481. The number of hydrogen-bond donors (Lipinski definition) is 5. The fourth-order valence-electron chi connectivity index (χ4n) is 4.44. The van der Waals surface area contributed by atoms with E-state index in [-0.39, 0.29) is 41.4 Å². The highest BCUT2D eigenvalue weighted by Gasteiger charge is 2.27. The standard InChI is InChI=1S/C27H37N3O5/c1-4-25(34)29-21-8-9-30(17-21)26(35)11-18-6-5-7-19(10-18)15-27(2,3)28-16-24(33)20-12-22(31)14-23(32)13-20/h5-7,10,12-14,21,24,28,31-33H,4,8-9,11,15-17H2,1-3H3,(H,29,34). The molecule has 0 aliphatic carbocycles. The lowest BCUT2D eigenvalue weighted by atomic mass is 9.93. The molecule has 2 amide bonds. The summed E-state index contributed by atoms with van der Waals surface area (Å²) in [4.78, 5) is 26.2. The second kappa shape index (κ2) is 11.6. The molecule has 1 heterocycles. The van der Waals surface area contributed by atoms with E-state index in [9.17, 15) is 24.9 Å². The summed E-state index contributed by atoms with van der Waals surface area (Å²) in [6.07, 6.45) is 1.34. The maximum absolute atomic E-state index is 12.8. The van der Waals surface area contributed by atoms with E-state index in [0.29, 0.717) is 37.9 Å². The van der Waals surface area contributed by atoms with Crippen molar-refractivity contribution in [1.29, 1.82) is 0 Å². The zero-order chi connectivity index (χ0) is 25.6. The van der Waals surface area contributed by atoms with Gasteiger partial charge >= 0.3 is 0 Å². The molecule has 8 heteroatoms. The molecular formula is C27H37N3O5. The smallest absolute Gasteiger partial charge is 0.227 e. The lowest BCUT2D eigenvalue weighted by molar-refractivity contribution is -0.129. The van der Waals surface area contributed by atoms with Gasteiger partial charge in [-0.15, -0.1) is 0 Å². The van der Waals surface area contributed by atoms with Crippen LogP contribution >= 0.6 is 0 Å². The Labute approximate surface area is 207 Å². The Bertz CT molecular complexity index is 1020. The molecule has 0 bridgehead atoms. The minimum atomic E-state index is -0.886. The summed E-state index contributed by atoms with van der Waals surface area (Å²) in [5, 5.41) is 36.1. The van der Waals surface area contributed by atoms with E-state index in [1.807, 2.05) is 49.9 Å². The van der Waals surface area contributed by atoms with E-state index in [1.54, 1.807) is 0 Å². The van der Waals surface area contributed by atoms with Gasteiger partial charge in [0.25, 0.3) is 0 Å². The van der Waals surface area contributed by atoms with Crippen LogP contribution in [-0.2, 0) is 22.4 Å². The molecule has 5 N–H and O–H groups in total. The molecule has 0 radical (unpaired) electrons. The number of nitrogens with one attached hydrogen (secondary N) is 2. The van der Waals surface area contributed by atoms with Crippen molar-refractivity contribution in [3.05, 3.63) is 59.2 Å². The van der Waals surface area contributed by atoms with Crippen LogP contribution in [0.2, 0.25) is 0 Å². The first kappa shape index (κ1) is 26.5. The van der Waals surface area contributed by atoms with Gasteiger partial charge in [-0.05, 0) is 55.5 Å². The van der Waals surface area contributed by atoms with Crippen LogP contribution in [0.15, 0.2) is 42.5 Å². The maximum Gasteiger partial charge on any atom is 0.227 e. The number of β-amino-alcohol motifs (C(OH)–C–C–N with tert-alkyl or cyclic N) is 1. The third-order valence-corrected chi connectivity index (χ3v) is 6.30. The highest BCUT2D eigenvalue weighted by molar-refractivity contribution is 5.80. The Balaban J connectivity index is 1.53. The highest BCUT2D eigenvalue weighted by atomic mass is 16.3. The normalized spacial score (nSPS) is 16.8. The number of amides is 2. The second-order valence-corrected chi connectivity index (χ2v) is 9.98. The molecular weight excluding hydrogens is 446 g/mol. The van der Waals surface area contributed by atoms with Crippen LogP contribution in [0.5, 0.6) is 11.5 Å².